The average Bonchev–Trinajstić information content (AvgIpc) is 3.53. The summed E-state index contributed by atoms with van der Waals surface area (Å²) in [5.74, 6) is -1.69. The van der Waals surface area contributed by atoms with Gasteiger partial charge in [-0.05, 0) is 56.0 Å². The van der Waals surface area contributed by atoms with Crippen LogP contribution in [0.2, 0.25) is 0 Å². The summed E-state index contributed by atoms with van der Waals surface area (Å²) < 4.78 is 12.0. The number of benzene rings is 2. The van der Waals surface area contributed by atoms with E-state index in [1.54, 1.807) is 29.2 Å². The van der Waals surface area contributed by atoms with Crippen LogP contribution in [0.3, 0.4) is 0 Å². The third-order valence-electron chi connectivity index (χ3n) is 7.89. The number of aliphatic hydroxyl groups is 1. The molecule has 3 fully saturated rings. The van der Waals surface area contributed by atoms with Gasteiger partial charge in [0.25, 0.3) is 0 Å². The number of fused-ring (bicyclic) bond motifs is 1. The fraction of sp³-hybridized carbons (Fsp3) is 0.483. The summed E-state index contributed by atoms with van der Waals surface area (Å²) in [5.41, 5.74) is 0.420. The van der Waals surface area contributed by atoms with E-state index in [1.807, 2.05) is 37.3 Å². The van der Waals surface area contributed by atoms with Crippen molar-refractivity contribution in [2.24, 2.45) is 11.8 Å². The number of carbonyl (C=O) groups excluding carboxylic acids is 3. The van der Waals surface area contributed by atoms with Gasteiger partial charge in [-0.1, -0.05) is 46.3 Å². The number of carbonyl (C=O) groups is 3. The van der Waals surface area contributed by atoms with Crippen molar-refractivity contribution in [2.45, 2.75) is 55.3 Å². The maximum Gasteiger partial charge on any atom is 0.246 e. The Morgan fingerprint density at radius 2 is 1.87 bits per heavy atom. The maximum absolute atomic E-state index is 13.9. The highest BCUT2D eigenvalue weighted by Crippen LogP contribution is 2.60. The van der Waals surface area contributed by atoms with E-state index >= 15 is 0 Å². The molecule has 3 aliphatic rings. The number of ether oxygens (including phenoxy) is 2. The zero-order valence-corrected chi connectivity index (χ0v) is 23.4. The van der Waals surface area contributed by atoms with E-state index in [0.29, 0.717) is 50.4 Å². The van der Waals surface area contributed by atoms with Crippen molar-refractivity contribution in [3.8, 4) is 5.75 Å². The molecule has 6 atom stereocenters. The molecular formula is C29H34BrN3O6. The summed E-state index contributed by atoms with van der Waals surface area (Å²) in [6.07, 6.45) is 0.954. The summed E-state index contributed by atoms with van der Waals surface area (Å²) in [6, 6.07) is 15.8. The van der Waals surface area contributed by atoms with E-state index in [0.717, 1.165) is 5.56 Å². The molecule has 0 radical (unpaired) electrons. The molecule has 10 heteroatoms. The molecule has 9 nitrogen and oxygen atoms in total. The third-order valence-corrected chi connectivity index (χ3v) is 8.73. The highest BCUT2D eigenvalue weighted by Gasteiger charge is 2.76. The Balaban J connectivity index is 1.40. The van der Waals surface area contributed by atoms with Crippen LogP contribution in [-0.2, 0) is 25.7 Å². The van der Waals surface area contributed by atoms with Gasteiger partial charge in [0.1, 0.15) is 17.4 Å². The fourth-order valence-corrected chi connectivity index (χ4v) is 7.22. The third kappa shape index (κ3) is 5.17. The van der Waals surface area contributed by atoms with Crippen molar-refractivity contribution in [1.82, 2.24) is 10.2 Å². The maximum atomic E-state index is 13.9. The average molecular weight is 601 g/mol. The first-order valence-electron chi connectivity index (χ1n) is 13.5. The Kier molecular flexibility index (Phi) is 8.25. The lowest BCUT2D eigenvalue weighted by atomic mass is 9.70. The number of amides is 3. The number of aliphatic hydroxyl groups excluding tert-OH is 1. The monoisotopic (exact) mass is 599 g/mol. The zero-order chi connectivity index (χ0) is 27.6. The van der Waals surface area contributed by atoms with E-state index in [9.17, 15) is 19.5 Å². The van der Waals surface area contributed by atoms with Gasteiger partial charge in [-0.2, -0.15) is 0 Å². The first kappa shape index (κ1) is 27.6. The molecule has 5 rings (SSSR count). The number of alkyl halides is 1. The van der Waals surface area contributed by atoms with Crippen LogP contribution in [-0.4, -0.2) is 70.1 Å². The van der Waals surface area contributed by atoms with Crippen molar-refractivity contribution in [1.29, 1.82) is 0 Å². The van der Waals surface area contributed by atoms with Gasteiger partial charge in [0.05, 0.1) is 24.5 Å². The van der Waals surface area contributed by atoms with Gasteiger partial charge >= 0.3 is 0 Å². The predicted octanol–water partition coefficient (Wildman–Crippen LogP) is 2.86. The fourth-order valence-electron chi connectivity index (χ4n) is 6.27. The standard InChI is InChI=1S/C29H34BrN3O6/c1-2-38-20-12-10-19(11-13-20)32-26(35)22-23-28(37)33(14-6-7-15-34)25(29(23)16-21(30)24(22)39-29)27(36)31-17-18-8-4-3-5-9-18/h3-5,8-13,21-25,34H,2,6-7,14-17H2,1H3,(H,31,36)(H,32,35)/t21?,22-,23+,24-,25?,29?/m1/s1. The number of hydrogen-bond acceptors (Lipinski definition) is 6. The van der Waals surface area contributed by atoms with Crippen LogP contribution in [0, 0.1) is 11.8 Å². The number of nitrogens with one attached hydrogen (secondary N) is 2. The minimum absolute atomic E-state index is 0.00334. The Hall–Kier alpha value is -2.95. The van der Waals surface area contributed by atoms with Crippen LogP contribution in [0.4, 0.5) is 5.69 Å². The first-order chi connectivity index (χ1) is 18.9. The molecule has 3 N–H and O–H groups in total. The van der Waals surface area contributed by atoms with Gasteiger partial charge in [-0.25, -0.2) is 0 Å². The molecule has 1 spiro atoms. The summed E-state index contributed by atoms with van der Waals surface area (Å²) >= 11 is 3.69. The Morgan fingerprint density at radius 3 is 2.56 bits per heavy atom. The highest BCUT2D eigenvalue weighted by atomic mass is 79.9. The van der Waals surface area contributed by atoms with E-state index in [-0.39, 0.29) is 29.2 Å². The number of unbranched alkanes of at least 4 members (excludes halogenated alkanes) is 1. The van der Waals surface area contributed by atoms with Crippen LogP contribution in [0.15, 0.2) is 54.6 Å². The minimum Gasteiger partial charge on any atom is -0.494 e. The first-order valence-corrected chi connectivity index (χ1v) is 14.4. The molecule has 3 heterocycles. The van der Waals surface area contributed by atoms with Crippen molar-refractivity contribution in [3.05, 3.63) is 60.2 Å². The van der Waals surface area contributed by atoms with Crippen LogP contribution in [0.25, 0.3) is 0 Å². The highest BCUT2D eigenvalue weighted by molar-refractivity contribution is 9.09. The Bertz CT molecular complexity index is 1200. The predicted molar refractivity (Wildman–Crippen MR) is 148 cm³/mol. The van der Waals surface area contributed by atoms with Gasteiger partial charge in [-0.3, -0.25) is 14.4 Å². The van der Waals surface area contributed by atoms with Crippen LogP contribution < -0.4 is 15.4 Å². The molecule has 3 saturated heterocycles. The molecule has 0 aromatic heterocycles. The van der Waals surface area contributed by atoms with Crippen LogP contribution in [0.5, 0.6) is 5.75 Å². The lowest BCUT2D eigenvalue weighted by Gasteiger charge is -2.34. The lowest BCUT2D eigenvalue weighted by molar-refractivity contribution is -0.141. The summed E-state index contributed by atoms with van der Waals surface area (Å²) in [5, 5.41) is 15.3. The van der Waals surface area contributed by atoms with E-state index < -0.39 is 29.6 Å². The second-order valence-electron chi connectivity index (χ2n) is 10.3. The number of halogens is 1. The molecule has 3 aliphatic heterocycles. The molecule has 3 unspecified atom stereocenters. The van der Waals surface area contributed by atoms with Crippen molar-refractivity contribution < 1.29 is 29.0 Å². The lowest BCUT2D eigenvalue weighted by Crippen LogP contribution is -2.55. The van der Waals surface area contributed by atoms with Crippen molar-refractivity contribution in [3.63, 3.8) is 0 Å². The number of anilines is 1. The second-order valence-corrected chi connectivity index (χ2v) is 11.5. The molecular weight excluding hydrogens is 566 g/mol. The summed E-state index contributed by atoms with van der Waals surface area (Å²) in [7, 11) is 0. The minimum atomic E-state index is -1.11. The Labute approximate surface area is 236 Å². The number of rotatable bonds is 11. The van der Waals surface area contributed by atoms with Crippen LogP contribution >= 0.6 is 15.9 Å². The largest absolute Gasteiger partial charge is 0.494 e. The molecule has 208 valence electrons. The topological polar surface area (TPSA) is 117 Å². The second kappa shape index (κ2) is 11.7. The molecule has 0 saturated carbocycles. The summed E-state index contributed by atoms with van der Waals surface area (Å²) in [4.78, 5) is 42.7. The van der Waals surface area contributed by atoms with E-state index in [1.165, 1.54) is 0 Å². The quantitative estimate of drug-likeness (QED) is 0.270. The smallest absolute Gasteiger partial charge is 0.246 e. The van der Waals surface area contributed by atoms with Gasteiger partial charge < -0.3 is 30.1 Å². The van der Waals surface area contributed by atoms with Gasteiger partial charge in [-0.15, -0.1) is 0 Å². The number of nitrogens with zero attached hydrogens (tertiary/aromatic N) is 1. The van der Waals surface area contributed by atoms with Gasteiger partial charge in [0.15, 0.2) is 0 Å². The Morgan fingerprint density at radius 1 is 1.13 bits per heavy atom. The van der Waals surface area contributed by atoms with E-state index in [2.05, 4.69) is 26.6 Å². The molecule has 3 amide bonds. The molecule has 39 heavy (non-hydrogen) atoms. The SMILES string of the molecule is CCOc1ccc(NC(=O)[C@H]2[C@@H]3OC4(CC3Br)C(C(=O)NCc3ccccc3)N(CCCCO)C(=O)[C@H]24)cc1. The molecule has 2 aromatic carbocycles. The summed E-state index contributed by atoms with van der Waals surface area (Å²) in [6.45, 7) is 3.06. The van der Waals surface area contributed by atoms with Crippen molar-refractivity contribution >= 4 is 39.3 Å². The van der Waals surface area contributed by atoms with Gasteiger partial charge in [0, 0.05) is 30.2 Å². The molecule has 0 aliphatic carbocycles. The molecule has 2 aromatic rings. The number of likely N-dealkylation sites (tertiary alicyclic amines) is 1. The normalized spacial score (nSPS) is 28.8. The van der Waals surface area contributed by atoms with Gasteiger partial charge in [0.2, 0.25) is 17.7 Å². The molecule has 2 bridgehead atoms. The number of hydrogen-bond donors (Lipinski definition) is 3. The van der Waals surface area contributed by atoms with E-state index in [4.69, 9.17) is 9.47 Å². The van der Waals surface area contributed by atoms with Crippen molar-refractivity contribution in [2.75, 3.05) is 25.1 Å². The zero-order valence-electron chi connectivity index (χ0n) is 21.8. The van der Waals surface area contributed by atoms with Crippen LogP contribution in [0.1, 0.15) is 31.7 Å².